The van der Waals surface area contributed by atoms with E-state index < -0.39 is 5.82 Å². The van der Waals surface area contributed by atoms with E-state index in [0.717, 1.165) is 0 Å². The molecule has 0 unspecified atom stereocenters. The number of hydrogen-bond donors (Lipinski definition) is 0. The lowest BCUT2D eigenvalue weighted by Crippen LogP contribution is -2.04. The summed E-state index contributed by atoms with van der Waals surface area (Å²) in [6.45, 7) is 1.79. The fraction of sp³-hybridized carbons (Fsp3) is 0.154. The van der Waals surface area contributed by atoms with Crippen molar-refractivity contribution in [2.45, 2.75) is 13.5 Å². The molecule has 0 fully saturated rings. The molecular formula is C13H9ClFN3O. The zero-order chi connectivity index (χ0) is 13.8. The average molecular weight is 278 g/mol. The van der Waals surface area contributed by atoms with Crippen LogP contribution in [0.5, 0.6) is 5.75 Å². The Morgan fingerprint density at radius 1 is 1.42 bits per heavy atom. The maximum atomic E-state index is 13.3. The Morgan fingerprint density at radius 2 is 2.21 bits per heavy atom. The fourth-order valence-corrected chi connectivity index (χ4v) is 1.78. The van der Waals surface area contributed by atoms with Gasteiger partial charge in [0.05, 0.1) is 0 Å². The molecule has 2 aromatic rings. The SMILES string of the molecule is Cc1cc(Cl)nc(COc2cccc(F)c2C#N)n1. The standard InChI is InChI=1S/C13H9ClFN3O/c1-8-5-12(14)18-13(17-8)7-19-11-4-2-3-10(15)9(11)6-16/h2-5H,7H2,1H3. The molecule has 1 aromatic carbocycles. The molecule has 0 N–H and O–H groups in total. The smallest absolute Gasteiger partial charge is 0.167 e. The van der Waals surface area contributed by atoms with Crippen LogP contribution in [0.3, 0.4) is 0 Å². The first-order chi connectivity index (χ1) is 9.10. The van der Waals surface area contributed by atoms with Gasteiger partial charge in [0.25, 0.3) is 0 Å². The van der Waals surface area contributed by atoms with Gasteiger partial charge in [0.1, 0.15) is 35.0 Å². The first kappa shape index (κ1) is 13.2. The summed E-state index contributed by atoms with van der Waals surface area (Å²) < 4.78 is 18.7. The Hall–Kier alpha value is -2.19. The number of nitrogens with zero attached hydrogens (tertiary/aromatic N) is 3. The van der Waals surface area contributed by atoms with Gasteiger partial charge in [-0.15, -0.1) is 0 Å². The number of rotatable bonds is 3. The maximum absolute atomic E-state index is 13.3. The molecule has 19 heavy (non-hydrogen) atoms. The molecule has 96 valence electrons. The number of halogens is 2. The van der Waals surface area contributed by atoms with Crippen molar-refractivity contribution in [2.24, 2.45) is 0 Å². The highest BCUT2D eigenvalue weighted by molar-refractivity contribution is 6.29. The molecule has 0 saturated heterocycles. The third-order valence-electron chi connectivity index (χ3n) is 2.31. The van der Waals surface area contributed by atoms with Crippen LogP contribution in [0.1, 0.15) is 17.1 Å². The van der Waals surface area contributed by atoms with Crippen LogP contribution in [0, 0.1) is 24.1 Å². The maximum Gasteiger partial charge on any atom is 0.167 e. The average Bonchev–Trinajstić information content (AvgIpc) is 2.35. The Morgan fingerprint density at radius 3 is 2.89 bits per heavy atom. The van der Waals surface area contributed by atoms with Crippen molar-refractivity contribution in [3.05, 3.63) is 52.3 Å². The molecule has 0 radical (unpaired) electrons. The molecule has 0 amide bonds. The number of ether oxygens (including phenoxy) is 1. The summed E-state index contributed by atoms with van der Waals surface area (Å²) in [4.78, 5) is 8.11. The molecule has 0 aliphatic carbocycles. The predicted molar refractivity (Wildman–Crippen MR) is 67.2 cm³/mol. The van der Waals surface area contributed by atoms with Crippen LogP contribution in [0.2, 0.25) is 5.15 Å². The highest BCUT2D eigenvalue weighted by Gasteiger charge is 2.10. The van der Waals surface area contributed by atoms with Crippen molar-refractivity contribution >= 4 is 11.6 Å². The van der Waals surface area contributed by atoms with Crippen LogP contribution in [0.4, 0.5) is 4.39 Å². The van der Waals surface area contributed by atoms with E-state index in [1.807, 2.05) is 0 Å². The second-order valence-electron chi connectivity index (χ2n) is 3.76. The molecule has 6 heteroatoms. The number of benzene rings is 1. The topological polar surface area (TPSA) is 58.8 Å². The fourth-order valence-electron chi connectivity index (χ4n) is 1.53. The van der Waals surface area contributed by atoms with Crippen LogP contribution in [0.15, 0.2) is 24.3 Å². The monoisotopic (exact) mass is 277 g/mol. The summed E-state index contributed by atoms with van der Waals surface area (Å²) in [5, 5.41) is 9.17. The molecule has 1 aromatic heterocycles. The minimum absolute atomic E-state index is 0.0134. The summed E-state index contributed by atoms with van der Waals surface area (Å²) in [7, 11) is 0. The third-order valence-corrected chi connectivity index (χ3v) is 2.51. The summed E-state index contributed by atoms with van der Waals surface area (Å²) in [5.74, 6) is -0.0925. The van der Waals surface area contributed by atoms with Crippen LogP contribution < -0.4 is 4.74 Å². The molecule has 0 saturated carbocycles. The molecular weight excluding hydrogens is 269 g/mol. The first-order valence-corrected chi connectivity index (χ1v) is 5.79. The first-order valence-electron chi connectivity index (χ1n) is 5.41. The normalized spacial score (nSPS) is 10.0. The van der Waals surface area contributed by atoms with E-state index in [0.29, 0.717) is 16.7 Å². The van der Waals surface area contributed by atoms with Gasteiger partial charge < -0.3 is 4.74 Å². The number of nitriles is 1. The van der Waals surface area contributed by atoms with Crippen molar-refractivity contribution < 1.29 is 9.13 Å². The molecule has 4 nitrogen and oxygen atoms in total. The second-order valence-corrected chi connectivity index (χ2v) is 4.15. The Kier molecular flexibility index (Phi) is 3.93. The van der Waals surface area contributed by atoms with E-state index >= 15 is 0 Å². The van der Waals surface area contributed by atoms with Gasteiger partial charge in [-0.2, -0.15) is 5.26 Å². The van der Waals surface area contributed by atoms with Gasteiger partial charge in [-0.05, 0) is 25.1 Å². The molecule has 0 aliphatic rings. The summed E-state index contributed by atoms with van der Waals surface area (Å²) >= 11 is 5.80. The molecule has 0 aliphatic heterocycles. The van der Waals surface area contributed by atoms with Gasteiger partial charge in [-0.1, -0.05) is 17.7 Å². The van der Waals surface area contributed by atoms with E-state index in [-0.39, 0.29) is 17.9 Å². The Balaban J connectivity index is 2.19. The zero-order valence-electron chi connectivity index (χ0n) is 10.0. The van der Waals surface area contributed by atoms with E-state index in [9.17, 15) is 4.39 Å². The van der Waals surface area contributed by atoms with E-state index in [1.165, 1.54) is 18.2 Å². The molecule has 0 bridgehead atoms. The van der Waals surface area contributed by atoms with Gasteiger partial charge >= 0.3 is 0 Å². The number of aromatic nitrogens is 2. The predicted octanol–water partition coefficient (Wildman–Crippen LogP) is 3.03. The van der Waals surface area contributed by atoms with Crippen LogP contribution >= 0.6 is 11.6 Å². The van der Waals surface area contributed by atoms with Gasteiger partial charge in [-0.3, -0.25) is 0 Å². The van der Waals surface area contributed by atoms with E-state index in [1.54, 1.807) is 19.1 Å². The quantitative estimate of drug-likeness (QED) is 0.809. The summed E-state index contributed by atoms with van der Waals surface area (Å²) in [5.41, 5.74) is 0.569. The molecule has 2 rings (SSSR count). The minimum Gasteiger partial charge on any atom is -0.484 e. The lowest BCUT2D eigenvalue weighted by molar-refractivity contribution is 0.293. The molecule has 0 atom stereocenters. The zero-order valence-corrected chi connectivity index (χ0v) is 10.8. The number of aryl methyl sites for hydroxylation is 1. The molecule has 0 spiro atoms. The molecule has 1 heterocycles. The van der Waals surface area contributed by atoms with Crippen LogP contribution in [-0.2, 0) is 6.61 Å². The van der Waals surface area contributed by atoms with E-state index in [4.69, 9.17) is 21.6 Å². The lowest BCUT2D eigenvalue weighted by Gasteiger charge is -2.07. The van der Waals surface area contributed by atoms with Crippen molar-refractivity contribution in [3.8, 4) is 11.8 Å². The highest BCUT2D eigenvalue weighted by atomic mass is 35.5. The summed E-state index contributed by atoms with van der Waals surface area (Å²) in [6.07, 6.45) is 0. The minimum atomic E-state index is -0.622. The third kappa shape index (κ3) is 3.18. The summed E-state index contributed by atoms with van der Waals surface area (Å²) in [6, 6.07) is 7.56. The highest BCUT2D eigenvalue weighted by Crippen LogP contribution is 2.21. The van der Waals surface area contributed by atoms with Crippen molar-refractivity contribution in [2.75, 3.05) is 0 Å². The van der Waals surface area contributed by atoms with Crippen LogP contribution in [-0.4, -0.2) is 9.97 Å². The van der Waals surface area contributed by atoms with Gasteiger partial charge in [0.2, 0.25) is 0 Å². The van der Waals surface area contributed by atoms with Gasteiger partial charge in [0, 0.05) is 5.69 Å². The van der Waals surface area contributed by atoms with Crippen molar-refractivity contribution in [1.29, 1.82) is 5.26 Å². The largest absolute Gasteiger partial charge is 0.484 e. The Labute approximate surface area is 114 Å². The van der Waals surface area contributed by atoms with Gasteiger partial charge in [0.15, 0.2) is 5.82 Å². The van der Waals surface area contributed by atoms with Crippen molar-refractivity contribution in [3.63, 3.8) is 0 Å². The second kappa shape index (κ2) is 5.63. The Bertz CT molecular complexity index is 635. The van der Waals surface area contributed by atoms with Crippen molar-refractivity contribution in [1.82, 2.24) is 9.97 Å². The van der Waals surface area contributed by atoms with E-state index in [2.05, 4.69) is 9.97 Å². The number of hydrogen-bond acceptors (Lipinski definition) is 4. The van der Waals surface area contributed by atoms with Crippen LogP contribution in [0.25, 0.3) is 0 Å². The van der Waals surface area contributed by atoms with Gasteiger partial charge in [-0.25, -0.2) is 14.4 Å². The lowest BCUT2D eigenvalue weighted by atomic mass is 10.2.